The van der Waals surface area contributed by atoms with Crippen molar-refractivity contribution in [3.05, 3.63) is 12.2 Å². The average molecular weight is 264 g/mol. The Morgan fingerprint density at radius 2 is 1.31 bits per heavy atom. The molecule has 0 saturated heterocycles. The molecule has 0 atom stereocenters. The van der Waals surface area contributed by atoms with Gasteiger partial charge in [-0.05, 0) is 27.7 Å². The Bertz CT molecular complexity index is 77.0. The zero-order chi connectivity index (χ0) is 10.1. The molecule has 0 spiro atoms. The molecule has 0 fully saturated rings. The molecule has 0 N–H and O–H groups in total. The topological polar surface area (TPSA) is 17.3 Å². The van der Waals surface area contributed by atoms with Gasteiger partial charge >= 0.3 is 26.2 Å². The summed E-state index contributed by atoms with van der Waals surface area (Å²) >= 11 is 0. The standard InChI is InChI=1S/C8H18N.C2H6N.Zr/c1-6-9(7(2)3)8(4)5;1-3-2;/h7-8H,1,6H2,2-5H3;1-2H3;/q2*-1;+2. The van der Waals surface area contributed by atoms with Crippen molar-refractivity contribution in [2.75, 3.05) is 20.6 Å². The molecule has 2 nitrogen and oxygen atoms in total. The van der Waals surface area contributed by atoms with E-state index in [1.807, 2.05) is 0 Å². The first kappa shape index (κ1) is 19.4. The third kappa shape index (κ3) is 12.8. The van der Waals surface area contributed by atoms with E-state index in [4.69, 9.17) is 0 Å². The van der Waals surface area contributed by atoms with E-state index in [0.29, 0.717) is 12.1 Å². The molecule has 78 valence electrons. The van der Waals surface area contributed by atoms with E-state index in [9.17, 15) is 0 Å². The minimum absolute atomic E-state index is 0. The van der Waals surface area contributed by atoms with Gasteiger partial charge in [-0.1, -0.05) is 0 Å². The molecule has 0 aromatic rings. The monoisotopic (exact) mass is 262 g/mol. The zero-order valence-corrected chi connectivity index (χ0v) is 12.4. The van der Waals surface area contributed by atoms with Crippen LogP contribution in [-0.2, 0) is 26.2 Å². The van der Waals surface area contributed by atoms with Crippen molar-refractivity contribution in [2.24, 2.45) is 0 Å². The Morgan fingerprint density at radius 3 is 1.31 bits per heavy atom. The average Bonchev–Trinajstić information content (AvgIpc) is 1.88. The molecule has 0 aliphatic carbocycles. The maximum Gasteiger partial charge on any atom is 2.00 e. The Kier molecular flexibility index (Phi) is 19.1. The van der Waals surface area contributed by atoms with E-state index in [1.165, 1.54) is 0 Å². The quantitative estimate of drug-likeness (QED) is 0.715. The summed E-state index contributed by atoms with van der Waals surface area (Å²) in [6.45, 7) is 13.6. The molecular formula is C10H24N2Zr. The first-order valence-electron chi connectivity index (χ1n) is 4.54. The molecule has 0 amide bonds. The molecule has 0 heterocycles. The van der Waals surface area contributed by atoms with Crippen LogP contribution in [0.2, 0.25) is 0 Å². The van der Waals surface area contributed by atoms with Crippen LogP contribution in [0.25, 0.3) is 5.32 Å². The molecule has 0 saturated carbocycles. The van der Waals surface area contributed by atoms with Crippen molar-refractivity contribution in [1.82, 2.24) is 4.90 Å². The van der Waals surface area contributed by atoms with Crippen LogP contribution in [-0.4, -0.2) is 37.6 Å². The van der Waals surface area contributed by atoms with Crippen LogP contribution >= 0.6 is 0 Å². The molecule has 0 rings (SSSR count). The third-order valence-corrected chi connectivity index (χ3v) is 1.58. The van der Waals surface area contributed by atoms with E-state index >= 15 is 0 Å². The largest absolute Gasteiger partial charge is 2.00 e. The van der Waals surface area contributed by atoms with Gasteiger partial charge in [0.25, 0.3) is 0 Å². The van der Waals surface area contributed by atoms with E-state index in [2.05, 4.69) is 44.8 Å². The molecule has 3 heteroatoms. The summed E-state index contributed by atoms with van der Waals surface area (Å²) in [7, 11) is 3.50. The Balaban J connectivity index is -0.000000220. The van der Waals surface area contributed by atoms with Crippen molar-refractivity contribution in [2.45, 2.75) is 39.8 Å². The molecule has 0 bridgehead atoms. The van der Waals surface area contributed by atoms with Crippen LogP contribution in [0.15, 0.2) is 0 Å². The minimum Gasteiger partial charge on any atom is -0.668 e. The Morgan fingerprint density at radius 1 is 1.08 bits per heavy atom. The predicted molar refractivity (Wildman–Crippen MR) is 57.5 cm³/mol. The van der Waals surface area contributed by atoms with Crippen molar-refractivity contribution in [3.63, 3.8) is 0 Å². The number of rotatable bonds is 3. The van der Waals surface area contributed by atoms with Gasteiger partial charge in [0.1, 0.15) is 0 Å². The van der Waals surface area contributed by atoms with Crippen LogP contribution < -0.4 is 0 Å². The van der Waals surface area contributed by atoms with Crippen LogP contribution in [0.3, 0.4) is 0 Å². The Hall–Kier alpha value is 0.803. The fourth-order valence-corrected chi connectivity index (χ4v) is 1.11. The van der Waals surface area contributed by atoms with Crippen molar-refractivity contribution in [1.29, 1.82) is 0 Å². The van der Waals surface area contributed by atoms with Gasteiger partial charge in [-0.25, -0.2) is 0 Å². The van der Waals surface area contributed by atoms with E-state index in [-0.39, 0.29) is 26.2 Å². The molecule has 0 aromatic heterocycles. The first-order valence-corrected chi connectivity index (χ1v) is 4.54. The summed E-state index contributed by atoms with van der Waals surface area (Å²) in [5.41, 5.74) is 0. The van der Waals surface area contributed by atoms with E-state index in [1.54, 1.807) is 14.1 Å². The fourth-order valence-electron chi connectivity index (χ4n) is 1.11. The molecule has 13 heavy (non-hydrogen) atoms. The second-order valence-corrected chi connectivity index (χ2v) is 3.37. The summed E-state index contributed by atoms with van der Waals surface area (Å²) in [5, 5.41) is 3.50. The van der Waals surface area contributed by atoms with Crippen LogP contribution in [0.4, 0.5) is 0 Å². The van der Waals surface area contributed by atoms with Gasteiger partial charge in [0.2, 0.25) is 0 Å². The minimum atomic E-state index is 0. The molecular weight excluding hydrogens is 239 g/mol. The number of hydrogen-bond acceptors (Lipinski definition) is 1. The van der Waals surface area contributed by atoms with E-state index < -0.39 is 0 Å². The van der Waals surface area contributed by atoms with E-state index in [0.717, 1.165) is 6.54 Å². The third-order valence-electron chi connectivity index (χ3n) is 1.58. The van der Waals surface area contributed by atoms with Crippen molar-refractivity contribution >= 4 is 0 Å². The zero-order valence-electron chi connectivity index (χ0n) is 9.96. The van der Waals surface area contributed by atoms with Gasteiger partial charge in [-0.2, -0.15) is 14.1 Å². The molecule has 0 aliphatic rings. The maximum absolute atomic E-state index is 3.85. The van der Waals surface area contributed by atoms with Gasteiger partial charge in [0.05, 0.1) is 0 Å². The predicted octanol–water partition coefficient (Wildman–Crippen LogP) is 2.56. The van der Waals surface area contributed by atoms with Gasteiger partial charge in [-0.15, -0.1) is 6.54 Å². The van der Waals surface area contributed by atoms with Gasteiger partial charge in [-0.3, -0.25) is 0 Å². The summed E-state index contributed by atoms with van der Waals surface area (Å²) in [4.78, 5) is 2.35. The van der Waals surface area contributed by atoms with Gasteiger partial charge in [0, 0.05) is 12.1 Å². The summed E-state index contributed by atoms with van der Waals surface area (Å²) in [5.74, 6) is 0. The molecule has 0 unspecified atom stereocenters. The SMILES string of the molecule is C[N-]C.[CH2-]CN(C(C)C)C(C)C.[Zr+2]. The number of nitrogens with zero attached hydrogens (tertiary/aromatic N) is 2. The normalized spacial score (nSPS) is 9.69. The second kappa shape index (κ2) is 12.8. The molecule has 0 radical (unpaired) electrons. The first-order chi connectivity index (χ1) is 5.51. The Labute approximate surface area is 104 Å². The summed E-state index contributed by atoms with van der Waals surface area (Å²) < 4.78 is 0. The smallest absolute Gasteiger partial charge is 0.668 e. The van der Waals surface area contributed by atoms with Crippen LogP contribution in [0, 0.1) is 6.92 Å². The summed E-state index contributed by atoms with van der Waals surface area (Å²) in [6, 6.07) is 1.25. The molecule has 0 aliphatic heterocycles. The van der Waals surface area contributed by atoms with Crippen molar-refractivity contribution in [3.8, 4) is 0 Å². The van der Waals surface area contributed by atoms with Crippen molar-refractivity contribution < 1.29 is 26.2 Å². The van der Waals surface area contributed by atoms with Gasteiger partial charge in [0.15, 0.2) is 0 Å². The number of hydrogen-bond donors (Lipinski definition) is 0. The van der Waals surface area contributed by atoms with Crippen LogP contribution in [0.1, 0.15) is 27.7 Å². The van der Waals surface area contributed by atoms with Crippen LogP contribution in [0.5, 0.6) is 0 Å². The fraction of sp³-hybridized carbons (Fsp3) is 0.900. The molecule has 0 aromatic carbocycles. The maximum atomic E-state index is 3.85. The second-order valence-electron chi connectivity index (χ2n) is 3.37. The summed E-state index contributed by atoms with van der Waals surface area (Å²) in [6.07, 6.45) is 0. The van der Waals surface area contributed by atoms with Gasteiger partial charge < -0.3 is 17.1 Å².